The zero-order valence-corrected chi connectivity index (χ0v) is 15.2. The van der Waals surface area contributed by atoms with Crippen LogP contribution in [0.3, 0.4) is 0 Å². The highest BCUT2D eigenvalue weighted by atomic mass is 35.5. The number of nitrogens with one attached hydrogen (secondary N) is 1. The summed E-state index contributed by atoms with van der Waals surface area (Å²) in [5, 5.41) is 13.6. The third kappa shape index (κ3) is 4.25. The summed E-state index contributed by atoms with van der Waals surface area (Å²) in [6.07, 6.45) is 0. The van der Waals surface area contributed by atoms with Gasteiger partial charge in [-0.1, -0.05) is 65.0 Å². The minimum atomic E-state index is 0.225. The van der Waals surface area contributed by atoms with Gasteiger partial charge in [0.05, 0.1) is 0 Å². The summed E-state index contributed by atoms with van der Waals surface area (Å²) < 4.78 is 0.924. The molecule has 0 radical (unpaired) electrons. The molecule has 0 fully saturated rings. The van der Waals surface area contributed by atoms with E-state index in [4.69, 9.17) is 11.6 Å². The van der Waals surface area contributed by atoms with Gasteiger partial charge in [0.25, 0.3) is 0 Å². The van der Waals surface area contributed by atoms with E-state index in [1.807, 2.05) is 36.4 Å². The van der Waals surface area contributed by atoms with Crippen LogP contribution in [0, 0.1) is 6.92 Å². The molecule has 0 unspecified atom stereocenters. The summed E-state index contributed by atoms with van der Waals surface area (Å²) in [6.45, 7) is 4.19. The van der Waals surface area contributed by atoms with Crippen LogP contribution in [-0.2, 0) is 0 Å². The number of thioether (sulfide) groups is 1. The van der Waals surface area contributed by atoms with Crippen molar-refractivity contribution in [2.45, 2.75) is 23.4 Å². The number of hydrogen-bond acceptors (Lipinski definition) is 5. The van der Waals surface area contributed by atoms with Crippen molar-refractivity contribution in [1.29, 1.82) is 0 Å². The Kier molecular flexibility index (Phi) is 5.20. The smallest absolute Gasteiger partial charge is 0.210 e. The summed E-state index contributed by atoms with van der Waals surface area (Å²) in [5.41, 5.74) is 3.35. The van der Waals surface area contributed by atoms with Crippen LogP contribution in [0.5, 0.6) is 0 Å². The number of benzene rings is 2. The van der Waals surface area contributed by atoms with E-state index in [1.165, 1.54) is 5.56 Å². The van der Waals surface area contributed by atoms with Crippen LogP contribution >= 0.6 is 34.7 Å². The second kappa shape index (κ2) is 7.34. The molecule has 0 saturated heterocycles. The predicted molar refractivity (Wildman–Crippen MR) is 100 cm³/mol. The molecule has 3 rings (SSSR count). The Hall–Kier alpha value is -1.56. The maximum Gasteiger partial charge on any atom is 0.210 e. The molecule has 3 aromatic rings. The molecule has 23 heavy (non-hydrogen) atoms. The minimum absolute atomic E-state index is 0.225. The second-order valence-corrected chi connectivity index (χ2v) is 8.12. The summed E-state index contributed by atoms with van der Waals surface area (Å²) in [7, 11) is 0. The fraction of sp³-hybridized carbons (Fsp3) is 0.176. The lowest BCUT2D eigenvalue weighted by atomic mass is 10.2. The Morgan fingerprint density at radius 2 is 1.96 bits per heavy atom. The molecular weight excluding hydrogens is 346 g/mol. The molecule has 118 valence electrons. The van der Waals surface area contributed by atoms with Gasteiger partial charge in [-0.15, -0.1) is 10.2 Å². The number of rotatable bonds is 5. The molecular formula is C17H16ClN3S2. The molecule has 0 spiro atoms. The summed E-state index contributed by atoms with van der Waals surface area (Å²) in [5.74, 6) is 0. The van der Waals surface area contributed by atoms with E-state index < -0.39 is 0 Å². The lowest BCUT2D eigenvalue weighted by molar-refractivity contribution is 1.00. The molecule has 2 aromatic carbocycles. The van der Waals surface area contributed by atoms with Crippen LogP contribution in [-0.4, -0.2) is 10.2 Å². The number of hydrogen-bond donors (Lipinski definition) is 1. The number of aromatic nitrogens is 2. The first-order valence-electron chi connectivity index (χ1n) is 7.20. The van der Waals surface area contributed by atoms with Gasteiger partial charge < -0.3 is 5.32 Å². The van der Waals surface area contributed by atoms with Crippen molar-refractivity contribution in [1.82, 2.24) is 10.2 Å². The molecule has 1 N–H and O–H groups in total. The average molecular weight is 362 g/mol. The van der Waals surface area contributed by atoms with Gasteiger partial charge in [0.1, 0.15) is 0 Å². The maximum absolute atomic E-state index is 6.25. The van der Waals surface area contributed by atoms with Crippen LogP contribution in [0.25, 0.3) is 0 Å². The zero-order chi connectivity index (χ0) is 16.2. The Morgan fingerprint density at radius 3 is 2.74 bits per heavy atom. The van der Waals surface area contributed by atoms with Crippen molar-refractivity contribution in [3.05, 3.63) is 64.7 Å². The van der Waals surface area contributed by atoms with Crippen LogP contribution < -0.4 is 5.32 Å². The molecule has 0 saturated carbocycles. The first-order valence-corrected chi connectivity index (χ1v) is 9.27. The van der Waals surface area contributed by atoms with E-state index in [9.17, 15) is 0 Å². The van der Waals surface area contributed by atoms with E-state index in [1.54, 1.807) is 23.1 Å². The van der Waals surface area contributed by atoms with Gasteiger partial charge in [0, 0.05) is 16.0 Å². The van der Waals surface area contributed by atoms with E-state index in [-0.39, 0.29) is 5.25 Å². The van der Waals surface area contributed by atoms with Crippen LogP contribution in [0.4, 0.5) is 10.8 Å². The summed E-state index contributed by atoms with van der Waals surface area (Å²) in [4.78, 5) is 0. The number of aryl methyl sites for hydroxylation is 1. The largest absolute Gasteiger partial charge is 0.330 e. The molecule has 6 heteroatoms. The molecule has 0 aliphatic rings. The van der Waals surface area contributed by atoms with Gasteiger partial charge in [-0.3, -0.25) is 0 Å². The first-order chi connectivity index (χ1) is 11.1. The molecule has 0 bridgehead atoms. The van der Waals surface area contributed by atoms with Gasteiger partial charge in [-0.05, 0) is 43.2 Å². The topological polar surface area (TPSA) is 37.8 Å². The van der Waals surface area contributed by atoms with E-state index >= 15 is 0 Å². The predicted octanol–water partition coefficient (Wildman–Crippen LogP) is 6.10. The van der Waals surface area contributed by atoms with Crippen molar-refractivity contribution in [2.24, 2.45) is 0 Å². The molecule has 3 nitrogen and oxygen atoms in total. The van der Waals surface area contributed by atoms with Crippen LogP contribution in [0.15, 0.2) is 52.9 Å². The van der Waals surface area contributed by atoms with Crippen molar-refractivity contribution >= 4 is 45.5 Å². The fourth-order valence-electron chi connectivity index (χ4n) is 2.17. The Balaban J connectivity index is 1.69. The van der Waals surface area contributed by atoms with Crippen LogP contribution in [0.2, 0.25) is 5.02 Å². The van der Waals surface area contributed by atoms with Crippen LogP contribution in [0.1, 0.15) is 23.3 Å². The van der Waals surface area contributed by atoms with Gasteiger partial charge in [-0.25, -0.2) is 0 Å². The molecule has 0 amide bonds. The monoisotopic (exact) mass is 361 g/mol. The van der Waals surface area contributed by atoms with Crippen molar-refractivity contribution < 1.29 is 0 Å². The standard InChI is InChI=1S/C17H16ClN3S2/c1-11-6-5-7-13(10-11)19-16-20-21-17(23-16)22-12(2)14-8-3-4-9-15(14)18/h3-10,12H,1-2H3,(H,19,20)/t12-/m0/s1. The number of nitrogens with zero attached hydrogens (tertiary/aromatic N) is 2. The summed E-state index contributed by atoms with van der Waals surface area (Å²) >= 11 is 9.47. The van der Waals surface area contributed by atoms with E-state index in [0.29, 0.717) is 0 Å². The SMILES string of the molecule is Cc1cccc(Nc2nnc(S[C@@H](C)c3ccccc3Cl)s2)c1. The average Bonchev–Trinajstić information content (AvgIpc) is 2.94. The highest BCUT2D eigenvalue weighted by Crippen LogP contribution is 2.40. The highest BCUT2D eigenvalue weighted by molar-refractivity contribution is 8.01. The normalized spacial score (nSPS) is 12.1. The first kappa shape index (κ1) is 16.3. The minimum Gasteiger partial charge on any atom is -0.330 e. The second-order valence-electron chi connectivity index (χ2n) is 5.15. The van der Waals surface area contributed by atoms with Gasteiger partial charge in [0.15, 0.2) is 4.34 Å². The lowest BCUT2D eigenvalue weighted by Crippen LogP contribution is -1.89. The molecule has 1 aromatic heterocycles. The lowest BCUT2D eigenvalue weighted by Gasteiger charge is -2.10. The Bertz CT molecular complexity index is 804. The molecule has 1 atom stereocenters. The maximum atomic E-state index is 6.25. The molecule has 1 heterocycles. The Morgan fingerprint density at radius 1 is 1.13 bits per heavy atom. The number of anilines is 2. The van der Waals surface area contributed by atoms with Gasteiger partial charge in [-0.2, -0.15) is 0 Å². The van der Waals surface area contributed by atoms with E-state index in [2.05, 4.69) is 41.5 Å². The molecule has 0 aliphatic carbocycles. The van der Waals surface area contributed by atoms with Crippen molar-refractivity contribution in [2.75, 3.05) is 5.32 Å². The fourth-order valence-corrected chi connectivity index (χ4v) is 4.62. The van der Waals surface area contributed by atoms with Crippen molar-refractivity contribution in [3.63, 3.8) is 0 Å². The highest BCUT2D eigenvalue weighted by Gasteiger charge is 2.14. The van der Waals surface area contributed by atoms with Gasteiger partial charge >= 0.3 is 0 Å². The third-order valence-electron chi connectivity index (χ3n) is 3.30. The zero-order valence-electron chi connectivity index (χ0n) is 12.8. The Labute approximate surface area is 149 Å². The third-order valence-corrected chi connectivity index (χ3v) is 5.70. The number of halogens is 1. The quantitative estimate of drug-likeness (QED) is 0.557. The molecule has 0 aliphatic heterocycles. The van der Waals surface area contributed by atoms with Gasteiger partial charge in [0.2, 0.25) is 5.13 Å². The van der Waals surface area contributed by atoms with E-state index in [0.717, 1.165) is 25.7 Å². The summed E-state index contributed by atoms with van der Waals surface area (Å²) in [6, 6.07) is 16.1. The van der Waals surface area contributed by atoms with Crippen molar-refractivity contribution in [3.8, 4) is 0 Å².